The second-order valence-electron chi connectivity index (χ2n) is 7.48. The van der Waals surface area contributed by atoms with Crippen LogP contribution in [0.15, 0.2) is 92.0 Å². The Hall–Kier alpha value is -2.57. The predicted octanol–water partition coefficient (Wildman–Crippen LogP) is 8.03. The van der Waals surface area contributed by atoms with Gasteiger partial charge >= 0.3 is 0 Å². The van der Waals surface area contributed by atoms with E-state index in [1.165, 1.54) is 27.8 Å². The molecule has 29 heavy (non-hydrogen) atoms. The lowest BCUT2D eigenvalue weighted by Crippen LogP contribution is -1.93. The van der Waals surface area contributed by atoms with Crippen LogP contribution in [0.4, 0.5) is 0 Å². The summed E-state index contributed by atoms with van der Waals surface area (Å²) < 4.78 is 0. The van der Waals surface area contributed by atoms with Crippen molar-refractivity contribution in [2.75, 3.05) is 0 Å². The number of benzene rings is 3. The SMILES string of the molecule is C=CCCc1ccc(CCc2ccc(-c3ccc(CCC=C)cc3Cl)cc2)cc1. The number of aryl methyl sites for hydroxylation is 4. The van der Waals surface area contributed by atoms with Gasteiger partial charge in [-0.25, -0.2) is 0 Å². The average Bonchev–Trinajstić information content (AvgIpc) is 2.76. The third-order valence-electron chi connectivity index (χ3n) is 5.30. The standard InChI is InChI=1S/C28H29Cl/c1-3-5-7-22-9-11-23(12-10-22)13-14-24-15-18-26(19-16-24)27-20-17-25(8-6-4-2)21-28(27)29/h3-4,9-12,15-21H,1-2,5-8,13-14H2. The first-order valence-corrected chi connectivity index (χ1v) is 10.7. The van der Waals surface area contributed by atoms with Crippen LogP contribution in [0.5, 0.6) is 0 Å². The van der Waals surface area contributed by atoms with Gasteiger partial charge in [0.15, 0.2) is 0 Å². The minimum absolute atomic E-state index is 0.816. The molecule has 0 aliphatic carbocycles. The molecule has 0 aliphatic rings. The van der Waals surface area contributed by atoms with E-state index in [1.807, 2.05) is 12.2 Å². The number of hydrogen-bond donors (Lipinski definition) is 0. The van der Waals surface area contributed by atoms with Gasteiger partial charge in [-0.2, -0.15) is 0 Å². The van der Waals surface area contributed by atoms with Crippen LogP contribution >= 0.6 is 11.6 Å². The zero-order chi connectivity index (χ0) is 20.5. The van der Waals surface area contributed by atoms with Crippen molar-refractivity contribution in [1.29, 1.82) is 0 Å². The Morgan fingerprint density at radius 3 is 1.55 bits per heavy atom. The molecular formula is C28H29Cl. The van der Waals surface area contributed by atoms with Crippen LogP contribution in [0.3, 0.4) is 0 Å². The number of allylic oxidation sites excluding steroid dienone is 2. The molecule has 0 saturated carbocycles. The van der Waals surface area contributed by atoms with Crippen LogP contribution in [0.1, 0.15) is 35.1 Å². The Kier molecular flexibility index (Phi) is 7.90. The first-order valence-electron chi connectivity index (χ1n) is 10.4. The maximum Gasteiger partial charge on any atom is 0.0487 e. The van der Waals surface area contributed by atoms with Gasteiger partial charge in [-0.05, 0) is 72.4 Å². The van der Waals surface area contributed by atoms with E-state index in [1.54, 1.807) is 0 Å². The van der Waals surface area contributed by atoms with E-state index in [4.69, 9.17) is 11.6 Å². The summed E-state index contributed by atoms with van der Waals surface area (Å²) in [5, 5.41) is 0.816. The molecule has 148 valence electrons. The third-order valence-corrected chi connectivity index (χ3v) is 5.61. The van der Waals surface area contributed by atoms with E-state index < -0.39 is 0 Å². The molecule has 0 radical (unpaired) electrons. The zero-order valence-corrected chi connectivity index (χ0v) is 17.8. The highest BCUT2D eigenvalue weighted by Gasteiger charge is 2.05. The van der Waals surface area contributed by atoms with E-state index in [2.05, 4.69) is 79.9 Å². The largest absolute Gasteiger partial charge is 0.103 e. The molecule has 0 fully saturated rings. The fraction of sp³-hybridized carbons (Fsp3) is 0.214. The van der Waals surface area contributed by atoms with Gasteiger partial charge in [0.1, 0.15) is 0 Å². The van der Waals surface area contributed by atoms with Crippen LogP contribution in [0.2, 0.25) is 5.02 Å². The molecular weight excluding hydrogens is 372 g/mol. The first kappa shape index (κ1) is 21.1. The van der Waals surface area contributed by atoms with Crippen molar-refractivity contribution in [3.8, 4) is 11.1 Å². The van der Waals surface area contributed by atoms with Crippen molar-refractivity contribution in [1.82, 2.24) is 0 Å². The molecule has 0 aromatic heterocycles. The maximum absolute atomic E-state index is 6.54. The minimum Gasteiger partial charge on any atom is -0.103 e. The van der Waals surface area contributed by atoms with E-state index >= 15 is 0 Å². The van der Waals surface area contributed by atoms with Gasteiger partial charge in [0.2, 0.25) is 0 Å². The molecule has 0 atom stereocenters. The lowest BCUT2D eigenvalue weighted by atomic mass is 9.98. The smallest absolute Gasteiger partial charge is 0.0487 e. The molecule has 0 saturated heterocycles. The summed E-state index contributed by atoms with van der Waals surface area (Å²) in [6.45, 7) is 7.57. The average molecular weight is 401 g/mol. The van der Waals surface area contributed by atoms with Crippen molar-refractivity contribution in [2.45, 2.75) is 38.5 Å². The van der Waals surface area contributed by atoms with Crippen molar-refractivity contribution in [3.63, 3.8) is 0 Å². The second kappa shape index (κ2) is 10.8. The highest BCUT2D eigenvalue weighted by molar-refractivity contribution is 6.33. The monoisotopic (exact) mass is 400 g/mol. The summed E-state index contributed by atoms with van der Waals surface area (Å²) in [5.41, 5.74) is 7.63. The first-order chi connectivity index (χ1) is 14.2. The lowest BCUT2D eigenvalue weighted by molar-refractivity contribution is 0.951. The Morgan fingerprint density at radius 1 is 0.586 bits per heavy atom. The van der Waals surface area contributed by atoms with Crippen molar-refractivity contribution >= 4 is 11.6 Å². The van der Waals surface area contributed by atoms with Gasteiger partial charge < -0.3 is 0 Å². The van der Waals surface area contributed by atoms with E-state index in [0.717, 1.165) is 49.1 Å². The van der Waals surface area contributed by atoms with Gasteiger partial charge in [0.25, 0.3) is 0 Å². The van der Waals surface area contributed by atoms with Gasteiger partial charge in [-0.3, -0.25) is 0 Å². The fourth-order valence-electron chi connectivity index (χ4n) is 3.50. The lowest BCUT2D eigenvalue weighted by Gasteiger charge is -2.09. The molecule has 0 spiro atoms. The van der Waals surface area contributed by atoms with Gasteiger partial charge in [0.05, 0.1) is 0 Å². The molecule has 1 heteroatoms. The molecule has 0 unspecified atom stereocenters. The zero-order valence-electron chi connectivity index (χ0n) is 17.0. The highest BCUT2D eigenvalue weighted by atomic mass is 35.5. The van der Waals surface area contributed by atoms with Gasteiger partial charge in [0, 0.05) is 10.6 Å². The minimum atomic E-state index is 0.816. The van der Waals surface area contributed by atoms with Crippen molar-refractivity contribution in [2.24, 2.45) is 0 Å². The van der Waals surface area contributed by atoms with Crippen LogP contribution in [0, 0.1) is 0 Å². The molecule has 0 aliphatic heterocycles. The maximum atomic E-state index is 6.54. The van der Waals surface area contributed by atoms with Crippen LogP contribution in [0.25, 0.3) is 11.1 Å². The summed E-state index contributed by atoms with van der Waals surface area (Å²) in [4.78, 5) is 0. The summed E-state index contributed by atoms with van der Waals surface area (Å²) >= 11 is 6.54. The van der Waals surface area contributed by atoms with Crippen molar-refractivity contribution in [3.05, 3.63) is 119 Å². The topological polar surface area (TPSA) is 0 Å². The second-order valence-corrected chi connectivity index (χ2v) is 7.89. The fourth-order valence-corrected chi connectivity index (χ4v) is 3.81. The van der Waals surface area contributed by atoms with Crippen LogP contribution < -0.4 is 0 Å². The molecule has 0 N–H and O–H groups in total. The Morgan fingerprint density at radius 2 is 1.03 bits per heavy atom. The Bertz CT molecular complexity index is 933. The van der Waals surface area contributed by atoms with E-state index in [0.29, 0.717) is 0 Å². The molecule has 3 aromatic carbocycles. The van der Waals surface area contributed by atoms with E-state index in [9.17, 15) is 0 Å². The molecule has 0 amide bonds. The van der Waals surface area contributed by atoms with Crippen LogP contribution in [-0.4, -0.2) is 0 Å². The highest BCUT2D eigenvalue weighted by Crippen LogP contribution is 2.29. The van der Waals surface area contributed by atoms with Crippen LogP contribution in [-0.2, 0) is 25.7 Å². The molecule has 3 rings (SSSR count). The normalized spacial score (nSPS) is 10.7. The molecule has 0 nitrogen and oxygen atoms in total. The van der Waals surface area contributed by atoms with E-state index in [-0.39, 0.29) is 0 Å². The summed E-state index contributed by atoms with van der Waals surface area (Å²) in [7, 11) is 0. The number of hydrogen-bond acceptors (Lipinski definition) is 0. The molecule has 0 heterocycles. The Labute approximate surface area is 180 Å². The van der Waals surface area contributed by atoms with Gasteiger partial charge in [-0.1, -0.05) is 84.4 Å². The Balaban J connectivity index is 1.60. The number of halogens is 1. The molecule has 3 aromatic rings. The summed E-state index contributed by atoms with van der Waals surface area (Å²) in [5.74, 6) is 0. The van der Waals surface area contributed by atoms with Crippen molar-refractivity contribution < 1.29 is 0 Å². The molecule has 0 bridgehead atoms. The number of rotatable bonds is 10. The summed E-state index contributed by atoms with van der Waals surface area (Å²) in [6, 6.07) is 24.1. The van der Waals surface area contributed by atoms with Gasteiger partial charge in [-0.15, -0.1) is 13.2 Å². The summed E-state index contributed by atoms with van der Waals surface area (Å²) in [6.07, 6.45) is 10.1. The quantitative estimate of drug-likeness (QED) is 0.302. The predicted molar refractivity (Wildman–Crippen MR) is 128 cm³/mol. The third kappa shape index (κ3) is 6.21.